The average molecular weight is 390 g/mol. The van der Waals surface area contributed by atoms with Crippen LogP contribution in [0.1, 0.15) is 35.5 Å². The van der Waals surface area contributed by atoms with Gasteiger partial charge in [0.25, 0.3) is 5.56 Å². The highest BCUT2D eigenvalue weighted by atomic mass is 79.9. The topological polar surface area (TPSA) is 86.3 Å². The normalized spacial score (nSPS) is 18.1. The second-order valence-electron chi connectivity index (χ2n) is 6.38. The molecule has 0 radical (unpaired) electrons. The van der Waals surface area contributed by atoms with Gasteiger partial charge in [0.15, 0.2) is 0 Å². The fourth-order valence-electron chi connectivity index (χ4n) is 3.37. The molecule has 2 aromatic rings. The van der Waals surface area contributed by atoms with Crippen LogP contribution in [-0.4, -0.2) is 32.6 Å². The van der Waals surface area contributed by atoms with Gasteiger partial charge in [-0.25, -0.2) is 9.78 Å². The summed E-state index contributed by atoms with van der Waals surface area (Å²) in [7, 11) is 0. The molecule has 2 N–H and O–H groups in total. The van der Waals surface area contributed by atoms with E-state index < -0.39 is 6.09 Å². The number of aromatic nitrogens is 2. The first-order chi connectivity index (χ1) is 11.5. The van der Waals surface area contributed by atoms with Crippen LogP contribution in [0.25, 0.3) is 0 Å². The Morgan fingerprint density at radius 3 is 2.62 bits per heavy atom. The standard InChI is InChI=1S/C17H16BrN3O3/c18-11-3-1-10(2-4-11)17(6-7-17)15-19-13-5-8-21(16(23)24)9-12(13)14(22)20-15/h1-4H,5-9H2,(H,23,24)(H,19,20,22). The number of hydrogen-bond acceptors (Lipinski definition) is 3. The molecule has 1 aromatic carbocycles. The Morgan fingerprint density at radius 1 is 1.29 bits per heavy atom. The molecule has 1 aliphatic heterocycles. The molecule has 6 nitrogen and oxygen atoms in total. The maximum Gasteiger partial charge on any atom is 0.407 e. The minimum absolute atomic E-state index is 0.110. The molecule has 1 amide bonds. The Hall–Kier alpha value is -2.15. The van der Waals surface area contributed by atoms with Crippen LogP contribution in [0.15, 0.2) is 33.5 Å². The van der Waals surface area contributed by atoms with Gasteiger partial charge >= 0.3 is 6.09 Å². The molecule has 0 unspecified atom stereocenters. The van der Waals surface area contributed by atoms with E-state index in [0.717, 1.165) is 28.6 Å². The zero-order chi connectivity index (χ0) is 16.9. The summed E-state index contributed by atoms with van der Waals surface area (Å²) < 4.78 is 1.02. The van der Waals surface area contributed by atoms with Crippen LogP contribution in [0.2, 0.25) is 0 Å². The molecule has 0 bridgehead atoms. The van der Waals surface area contributed by atoms with E-state index in [-0.39, 0.29) is 17.5 Å². The van der Waals surface area contributed by atoms with Crippen molar-refractivity contribution in [3.63, 3.8) is 0 Å². The third-order valence-corrected chi connectivity index (χ3v) is 5.47. The first kappa shape index (κ1) is 15.4. The number of nitrogens with one attached hydrogen (secondary N) is 1. The summed E-state index contributed by atoms with van der Waals surface area (Å²) in [4.78, 5) is 32.5. The van der Waals surface area contributed by atoms with Crippen LogP contribution in [0.5, 0.6) is 0 Å². The highest BCUT2D eigenvalue weighted by Gasteiger charge is 2.48. The Bertz CT molecular complexity index is 872. The van der Waals surface area contributed by atoms with Gasteiger partial charge in [-0.3, -0.25) is 4.79 Å². The second-order valence-corrected chi connectivity index (χ2v) is 7.30. The summed E-state index contributed by atoms with van der Waals surface area (Å²) in [6.07, 6.45) is 1.39. The largest absolute Gasteiger partial charge is 0.465 e. The van der Waals surface area contributed by atoms with Crippen molar-refractivity contribution >= 4 is 22.0 Å². The fourth-order valence-corrected chi connectivity index (χ4v) is 3.64. The molecule has 0 atom stereocenters. The molecule has 24 heavy (non-hydrogen) atoms. The van der Waals surface area contributed by atoms with Gasteiger partial charge < -0.3 is 15.0 Å². The number of aromatic amines is 1. The second kappa shape index (κ2) is 5.44. The van der Waals surface area contributed by atoms with Crippen LogP contribution in [0.4, 0.5) is 4.79 Å². The van der Waals surface area contributed by atoms with Gasteiger partial charge in [-0.2, -0.15) is 0 Å². The van der Waals surface area contributed by atoms with Crippen molar-refractivity contribution in [1.82, 2.24) is 14.9 Å². The van der Waals surface area contributed by atoms with E-state index in [2.05, 4.69) is 33.0 Å². The average Bonchev–Trinajstić information content (AvgIpc) is 3.37. The maximum absolute atomic E-state index is 12.5. The predicted octanol–water partition coefficient (Wildman–Crippen LogP) is 2.65. The summed E-state index contributed by atoms with van der Waals surface area (Å²) in [6, 6.07) is 8.11. The summed E-state index contributed by atoms with van der Waals surface area (Å²) in [5.74, 6) is 0.706. The lowest BCUT2D eigenvalue weighted by Crippen LogP contribution is -2.39. The monoisotopic (exact) mass is 389 g/mol. The molecular weight excluding hydrogens is 374 g/mol. The van der Waals surface area contributed by atoms with E-state index in [4.69, 9.17) is 10.1 Å². The molecule has 7 heteroatoms. The van der Waals surface area contributed by atoms with E-state index >= 15 is 0 Å². The van der Waals surface area contributed by atoms with Gasteiger partial charge in [0.1, 0.15) is 5.82 Å². The summed E-state index contributed by atoms with van der Waals surface area (Å²) in [5.41, 5.74) is 1.92. The third-order valence-electron chi connectivity index (χ3n) is 4.94. The fraction of sp³-hybridized carbons (Fsp3) is 0.353. The lowest BCUT2D eigenvalue weighted by atomic mass is 9.94. The molecule has 2 aliphatic rings. The first-order valence-electron chi connectivity index (χ1n) is 7.86. The number of amides is 1. The molecule has 2 heterocycles. The molecule has 0 saturated heterocycles. The molecule has 1 saturated carbocycles. The van der Waals surface area contributed by atoms with Crippen molar-refractivity contribution in [2.45, 2.75) is 31.2 Å². The molecule has 4 rings (SSSR count). The van der Waals surface area contributed by atoms with Crippen molar-refractivity contribution in [3.8, 4) is 0 Å². The highest BCUT2D eigenvalue weighted by Crippen LogP contribution is 2.52. The van der Waals surface area contributed by atoms with Crippen LogP contribution in [0.3, 0.4) is 0 Å². The number of benzene rings is 1. The Labute approximate surface area is 146 Å². The molecule has 1 aromatic heterocycles. The van der Waals surface area contributed by atoms with Gasteiger partial charge in [-0.1, -0.05) is 28.1 Å². The van der Waals surface area contributed by atoms with Crippen molar-refractivity contribution in [3.05, 3.63) is 61.7 Å². The Kier molecular flexibility index (Phi) is 3.49. The summed E-state index contributed by atoms with van der Waals surface area (Å²) in [5, 5.41) is 9.11. The molecule has 0 spiro atoms. The number of carbonyl (C=O) groups is 1. The van der Waals surface area contributed by atoms with Gasteiger partial charge in [-0.05, 0) is 30.5 Å². The number of H-pyrrole nitrogens is 1. The quantitative estimate of drug-likeness (QED) is 0.826. The van der Waals surface area contributed by atoms with Crippen molar-refractivity contribution in [2.75, 3.05) is 6.54 Å². The molecule has 1 fully saturated rings. The Balaban J connectivity index is 1.74. The Morgan fingerprint density at radius 2 is 2.00 bits per heavy atom. The third kappa shape index (κ3) is 2.43. The van der Waals surface area contributed by atoms with E-state index in [1.54, 1.807) is 0 Å². The number of halogens is 1. The number of rotatable bonds is 2. The summed E-state index contributed by atoms with van der Waals surface area (Å²) in [6.45, 7) is 0.488. The smallest absolute Gasteiger partial charge is 0.407 e. The van der Waals surface area contributed by atoms with Crippen molar-refractivity contribution in [2.24, 2.45) is 0 Å². The van der Waals surface area contributed by atoms with E-state index in [1.165, 1.54) is 4.90 Å². The minimum Gasteiger partial charge on any atom is -0.465 e. The van der Waals surface area contributed by atoms with Crippen LogP contribution >= 0.6 is 15.9 Å². The SMILES string of the molecule is O=C(O)N1CCc2nc(C3(c4ccc(Br)cc4)CC3)[nH]c(=O)c2C1. The molecule has 124 valence electrons. The summed E-state index contributed by atoms with van der Waals surface area (Å²) >= 11 is 3.44. The number of nitrogens with zero attached hydrogens (tertiary/aromatic N) is 2. The lowest BCUT2D eigenvalue weighted by molar-refractivity contribution is 0.139. The van der Waals surface area contributed by atoms with Gasteiger partial charge in [0.2, 0.25) is 0 Å². The minimum atomic E-state index is -1.00. The van der Waals surface area contributed by atoms with Gasteiger partial charge in [0, 0.05) is 17.4 Å². The maximum atomic E-state index is 12.5. The van der Waals surface area contributed by atoms with E-state index in [9.17, 15) is 9.59 Å². The van der Waals surface area contributed by atoms with E-state index in [1.807, 2.05) is 12.1 Å². The van der Waals surface area contributed by atoms with Crippen LogP contribution < -0.4 is 5.56 Å². The van der Waals surface area contributed by atoms with Gasteiger partial charge in [0.05, 0.1) is 23.2 Å². The number of hydrogen-bond donors (Lipinski definition) is 2. The predicted molar refractivity (Wildman–Crippen MR) is 91.2 cm³/mol. The number of fused-ring (bicyclic) bond motifs is 1. The van der Waals surface area contributed by atoms with Crippen LogP contribution in [0, 0.1) is 0 Å². The molecule has 1 aliphatic carbocycles. The number of carboxylic acid groups (broad SMARTS) is 1. The molecular formula is C17H16BrN3O3. The van der Waals surface area contributed by atoms with Crippen LogP contribution in [-0.2, 0) is 18.4 Å². The van der Waals surface area contributed by atoms with E-state index in [0.29, 0.717) is 24.4 Å². The lowest BCUT2D eigenvalue weighted by Gasteiger charge is -2.26. The zero-order valence-corrected chi connectivity index (χ0v) is 14.5. The first-order valence-corrected chi connectivity index (χ1v) is 8.65. The van der Waals surface area contributed by atoms with Crippen molar-refractivity contribution in [1.29, 1.82) is 0 Å². The zero-order valence-electron chi connectivity index (χ0n) is 12.9. The highest BCUT2D eigenvalue weighted by molar-refractivity contribution is 9.10. The van der Waals surface area contributed by atoms with Gasteiger partial charge in [-0.15, -0.1) is 0 Å². The van der Waals surface area contributed by atoms with Crippen molar-refractivity contribution < 1.29 is 9.90 Å².